The molecule has 1 aromatic rings. The van der Waals surface area contributed by atoms with Crippen LogP contribution in [-0.4, -0.2) is 72.8 Å². The van der Waals surface area contributed by atoms with Crippen molar-refractivity contribution in [3.05, 3.63) is 11.1 Å². The molecule has 160 valence electrons. The van der Waals surface area contributed by atoms with Gasteiger partial charge in [0.2, 0.25) is 10.0 Å². The molecule has 2 amide bonds. The molecule has 4 heterocycles. The van der Waals surface area contributed by atoms with Crippen LogP contribution >= 0.6 is 11.3 Å². The fourth-order valence-corrected chi connectivity index (χ4v) is 7.13. The Morgan fingerprint density at radius 3 is 2.45 bits per heavy atom. The summed E-state index contributed by atoms with van der Waals surface area (Å²) in [6, 6.07) is -0.0912. The van der Waals surface area contributed by atoms with Gasteiger partial charge in [-0.15, -0.1) is 0 Å². The lowest BCUT2D eigenvalue weighted by Crippen LogP contribution is -2.74. The van der Waals surface area contributed by atoms with Gasteiger partial charge in [-0.3, -0.25) is 0 Å². The maximum atomic E-state index is 12.6. The maximum Gasteiger partial charge on any atom is 0.434 e. The van der Waals surface area contributed by atoms with Gasteiger partial charge >= 0.3 is 12.2 Å². The second kappa shape index (κ2) is 5.97. The zero-order valence-corrected chi connectivity index (χ0v) is 16.9. The maximum absolute atomic E-state index is 12.6. The first kappa shape index (κ1) is 19.4. The minimum absolute atomic E-state index is 0.0225. The molecule has 4 aliphatic rings. The highest BCUT2D eigenvalue weighted by Crippen LogP contribution is 2.50. The van der Waals surface area contributed by atoms with Crippen molar-refractivity contribution in [3.63, 3.8) is 0 Å². The fourth-order valence-electron chi connectivity index (χ4n) is 4.73. The summed E-state index contributed by atoms with van der Waals surface area (Å²) in [6.07, 6.45) is -2.77. The highest BCUT2D eigenvalue weighted by Gasteiger charge is 2.58. The van der Waals surface area contributed by atoms with Gasteiger partial charge in [0.1, 0.15) is 6.10 Å². The van der Waals surface area contributed by atoms with Crippen molar-refractivity contribution in [1.29, 1.82) is 0 Å². The number of nitrogens with one attached hydrogen (secondary N) is 1. The number of hydrogen-bond donors (Lipinski definition) is 1. The molecule has 8 nitrogen and oxygen atoms in total. The van der Waals surface area contributed by atoms with Gasteiger partial charge in [-0.2, -0.15) is 18.2 Å². The number of likely N-dealkylation sites (tertiary alicyclic amines) is 2. The summed E-state index contributed by atoms with van der Waals surface area (Å²) in [5, 5.41) is 0.965. The topological polar surface area (TPSA) is 91.8 Å². The van der Waals surface area contributed by atoms with Crippen LogP contribution in [0.3, 0.4) is 0 Å². The lowest BCUT2D eigenvalue weighted by Gasteiger charge is -2.60. The average Bonchev–Trinajstić information content (AvgIpc) is 3.10. The van der Waals surface area contributed by atoms with Gasteiger partial charge in [0.25, 0.3) is 5.19 Å². The molecular formula is C16H19F3N4O4S2. The van der Waals surface area contributed by atoms with Gasteiger partial charge in [0.15, 0.2) is 5.69 Å². The van der Waals surface area contributed by atoms with Crippen LogP contribution in [0.15, 0.2) is 5.38 Å². The minimum Gasteiger partial charge on any atom is -0.467 e. The Morgan fingerprint density at radius 1 is 1.24 bits per heavy atom. The van der Waals surface area contributed by atoms with Crippen LogP contribution in [0, 0.1) is 5.41 Å². The molecule has 13 heteroatoms. The Balaban J connectivity index is 1.07. The lowest BCUT2D eigenvalue weighted by molar-refractivity contribution is -0.141. The summed E-state index contributed by atoms with van der Waals surface area (Å²) >= 11 is 0.835. The van der Waals surface area contributed by atoms with E-state index in [9.17, 15) is 26.4 Å². The summed E-state index contributed by atoms with van der Waals surface area (Å²) in [7, 11) is -3.21. The normalized spacial score (nSPS) is 26.9. The number of carbonyl (C=O) groups is 1. The van der Waals surface area contributed by atoms with Gasteiger partial charge in [-0.25, -0.2) is 17.9 Å². The van der Waals surface area contributed by atoms with Crippen LogP contribution < -0.4 is 9.46 Å². The van der Waals surface area contributed by atoms with E-state index >= 15 is 0 Å². The number of thiazole rings is 1. The smallest absolute Gasteiger partial charge is 0.434 e. The van der Waals surface area contributed by atoms with Crippen LogP contribution in [0.1, 0.15) is 25.0 Å². The Labute approximate surface area is 169 Å². The van der Waals surface area contributed by atoms with Crippen LogP contribution in [0.25, 0.3) is 0 Å². The molecule has 2 spiro atoms. The fraction of sp³-hybridized carbons (Fsp3) is 0.750. The number of sulfonamides is 1. The molecule has 0 bridgehead atoms. The van der Waals surface area contributed by atoms with E-state index in [1.54, 1.807) is 9.80 Å². The molecule has 1 saturated carbocycles. The molecule has 4 fully saturated rings. The van der Waals surface area contributed by atoms with Gasteiger partial charge in [-0.1, -0.05) is 11.3 Å². The molecule has 0 radical (unpaired) electrons. The summed E-state index contributed by atoms with van der Waals surface area (Å²) < 4.78 is 69.1. The van der Waals surface area contributed by atoms with Crippen molar-refractivity contribution in [3.8, 4) is 5.19 Å². The number of urea groups is 1. The Bertz CT molecular complexity index is 944. The summed E-state index contributed by atoms with van der Waals surface area (Å²) in [6.45, 7) is 1.97. The number of nitrogens with zero attached hydrogens (tertiary/aromatic N) is 3. The molecule has 0 unspecified atom stereocenters. The largest absolute Gasteiger partial charge is 0.467 e. The van der Waals surface area contributed by atoms with E-state index in [0.29, 0.717) is 45.4 Å². The second-order valence-electron chi connectivity index (χ2n) is 8.59. The zero-order chi connectivity index (χ0) is 20.7. The summed E-state index contributed by atoms with van der Waals surface area (Å²) in [4.78, 5) is 19.4. The van der Waals surface area contributed by atoms with Gasteiger partial charge in [0.05, 0.1) is 11.3 Å². The third kappa shape index (κ3) is 3.36. The first-order chi connectivity index (χ1) is 13.5. The monoisotopic (exact) mass is 452 g/mol. The standard InChI is InChI=1S/C16H19F3N4O4S2/c17-16(18,19)11-5-28-12(20-11)27-10-3-14(4-10)6-22(7-14)13(24)23-8-15(9-23)1-2-29(25,26)21-15/h5,10,21H,1-4,6-9H2. The molecule has 1 aromatic heterocycles. The van der Waals surface area contributed by atoms with Crippen LogP contribution in [0.4, 0.5) is 18.0 Å². The number of alkyl halides is 3. The van der Waals surface area contributed by atoms with E-state index in [0.717, 1.165) is 16.7 Å². The summed E-state index contributed by atoms with van der Waals surface area (Å²) in [5.41, 5.74) is -1.46. The number of amides is 2. The van der Waals surface area contributed by atoms with Crippen LogP contribution in [-0.2, 0) is 16.2 Å². The highest BCUT2D eigenvalue weighted by molar-refractivity contribution is 7.89. The molecule has 1 N–H and O–H groups in total. The summed E-state index contributed by atoms with van der Waals surface area (Å²) in [5.74, 6) is 0.104. The molecule has 1 aliphatic carbocycles. The van der Waals surface area contributed by atoms with Crippen molar-refractivity contribution in [1.82, 2.24) is 19.5 Å². The third-order valence-electron chi connectivity index (χ3n) is 6.16. The van der Waals surface area contributed by atoms with E-state index < -0.39 is 27.4 Å². The molecule has 0 atom stereocenters. The van der Waals surface area contributed by atoms with E-state index in [2.05, 4.69) is 9.71 Å². The molecular weight excluding hydrogens is 433 g/mol. The number of aromatic nitrogens is 1. The third-order valence-corrected chi connectivity index (χ3v) is 8.38. The van der Waals surface area contributed by atoms with Crippen LogP contribution in [0.2, 0.25) is 0 Å². The van der Waals surface area contributed by atoms with E-state index in [1.807, 2.05) is 0 Å². The van der Waals surface area contributed by atoms with Crippen molar-refractivity contribution >= 4 is 27.4 Å². The van der Waals surface area contributed by atoms with Crippen molar-refractivity contribution in [2.45, 2.75) is 37.1 Å². The average molecular weight is 452 g/mol. The zero-order valence-electron chi connectivity index (χ0n) is 15.2. The van der Waals surface area contributed by atoms with E-state index in [-0.39, 0.29) is 28.5 Å². The molecule has 5 rings (SSSR count). The number of hydrogen-bond acceptors (Lipinski definition) is 6. The predicted molar refractivity (Wildman–Crippen MR) is 96.0 cm³/mol. The molecule has 0 aromatic carbocycles. The molecule has 29 heavy (non-hydrogen) atoms. The molecule has 3 aliphatic heterocycles. The Kier molecular flexibility index (Phi) is 3.99. The molecule has 3 saturated heterocycles. The SMILES string of the molecule is O=C(N1CC2(CC(Oc3nc(C(F)(F)F)cs3)C2)C1)N1CC2(CCS(=O)(=O)N2)C1. The predicted octanol–water partition coefficient (Wildman–Crippen LogP) is 1.50. The van der Waals surface area contributed by atoms with Gasteiger partial charge < -0.3 is 14.5 Å². The first-order valence-corrected chi connectivity index (χ1v) is 11.7. The van der Waals surface area contributed by atoms with Crippen molar-refractivity contribution in [2.24, 2.45) is 5.41 Å². The minimum atomic E-state index is -4.47. The van der Waals surface area contributed by atoms with Crippen LogP contribution in [0.5, 0.6) is 5.19 Å². The first-order valence-electron chi connectivity index (χ1n) is 9.22. The Hall–Kier alpha value is -1.60. The second-order valence-corrected chi connectivity index (χ2v) is 11.3. The van der Waals surface area contributed by atoms with Gasteiger partial charge in [0, 0.05) is 37.0 Å². The van der Waals surface area contributed by atoms with Crippen molar-refractivity contribution < 1.29 is 31.1 Å². The number of ether oxygens (including phenoxy) is 1. The Morgan fingerprint density at radius 2 is 1.90 bits per heavy atom. The van der Waals surface area contributed by atoms with E-state index in [1.165, 1.54) is 0 Å². The number of carbonyl (C=O) groups excluding carboxylic acids is 1. The van der Waals surface area contributed by atoms with Crippen molar-refractivity contribution in [2.75, 3.05) is 31.9 Å². The quantitative estimate of drug-likeness (QED) is 0.735. The highest BCUT2D eigenvalue weighted by atomic mass is 32.2. The van der Waals surface area contributed by atoms with Gasteiger partial charge in [-0.05, 0) is 19.3 Å². The number of rotatable bonds is 2. The van der Waals surface area contributed by atoms with E-state index in [4.69, 9.17) is 4.74 Å². The lowest BCUT2D eigenvalue weighted by atomic mass is 9.62. The number of halogens is 3.